The van der Waals surface area contributed by atoms with E-state index in [2.05, 4.69) is 24.1 Å². The first-order valence-electron chi connectivity index (χ1n) is 8.21. The molecule has 1 amide bonds. The molecule has 3 heteroatoms. The lowest BCUT2D eigenvalue weighted by molar-refractivity contribution is -0.137. The van der Waals surface area contributed by atoms with E-state index < -0.39 is 0 Å². The third kappa shape index (κ3) is 2.67. The summed E-state index contributed by atoms with van der Waals surface area (Å²) in [5.41, 5.74) is 0. The minimum Gasteiger partial charge on any atom is -0.338 e. The number of hydrogen-bond donors (Lipinski definition) is 1. The number of piperidine rings is 1. The second kappa shape index (κ2) is 5.43. The molecular formula is C16H28N2O. The van der Waals surface area contributed by atoms with Gasteiger partial charge in [0.2, 0.25) is 5.91 Å². The SMILES string of the molecule is CC1CCC(C)N(C(=O)C2CC3CCCCC3N2)C1. The average molecular weight is 264 g/mol. The molecule has 0 aromatic carbocycles. The van der Waals surface area contributed by atoms with E-state index in [4.69, 9.17) is 0 Å². The van der Waals surface area contributed by atoms with E-state index >= 15 is 0 Å². The van der Waals surface area contributed by atoms with E-state index in [1.165, 1.54) is 38.5 Å². The first kappa shape index (κ1) is 13.4. The minimum absolute atomic E-state index is 0.112. The number of carbonyl (C=O) groups excluding carboxylic acids is 1. The van der Waals surface area contributed by atoms with Crippen LogP contribution in [0.5, 0.6) is 0 Å². The molecule has 0 bridgehead atoms. The molecule has 19 heavy (non-hydrogen) atoms. The van der Waals surface area contributed by atoms with Crippen molar-refractivity contribution >= 4 is 5.91 Å². The van der Waals surface area contributed by atoms with Gasteiger partial charge in [0.05, 0.1) is 6.04 Å². The maximum Gasteiger partial charge on any atom is 0.239 e. The predicted molar refractivity (Wildman–Crippen MR) is 76.9 cm³/mol. The van der Waals surface area contributed by atoms with Crippen LogP contribution in [0.1, 0.15) is 58.8 Å². The molecule has 1 aliphatic carbocycles. The summed E-state index contributed by atoms with van der Waals surface area (Å²) in [6.45, 7) is 5.45. The van der Waals surface area contributed by atoms with E-state index in [-0.39, 0.29) is 6.04 Å². The Labute approximate surface area is 117 Å². The molecule has 3 fully saturated rings. The average Bonchev–Trinajstić information content (AvgIpc) is 2.84. The number of fused-ring (bicyclic) bond motifs is 1. The first-order valence-corrected chi connectivity index (χ1v) is 8.21. The zero-order chi connectivity index (χ0) is 13.4. The molecule has 0 aromatic rings. The van der Waals surface area contributed by atoms with Crippen LogP contribution in [0.2, 0.25) is 0 Å². The molecule has 3 rings (SSSR count). The fraction of sp³-hybridized carbons (Fsp3) is 0.938. The Hall–Kier alpha value is -0.570. The lowest BCUT2D eigenvalue weighted by atomic mass is 9.85. The van der Waals surface area contributed by atoms with Gasteiger partial charge in [-0.05, 0) is 50.9 Å². The van der Waals surface area contributed by atoms with Gasteiger partial charge in [0.25, 0.3) is 0 Å². The Morgan fingerprint density at radius 2 is 1.89 bits per heavy atom. The van der Waals surface area contributed by atoms with Crippen LogP contribution in [0, 0.1) is 11.8 Å². The molecule has 108 valence electrons. The summed E-state index contributed by atoms with van der Waals surface area (Å²) in [7, 11) is 0. The summed E-state index contributed by atoms with van der Waals surface area (Å²) in [5, 5.41) is 3.63. The highest BCUT2D eigenvalue weighted by atomic mass is 16.2. The number of nitrogens with zero attached hydrogens (tertiary/aromatic N) is 1. The van der Waals surface area contributed by atoms with Gasteiger partial charge in [0, 0.05) is 18.6 Å². The maximum atomic E-state index is 12.8. The van der Waals surface area contributed by atoms with Gasteiger partial charge in [0.15, 0.2) is 0 Å². The number of rotatable bonds is 1. The van der Waals surface area contributed by atoms with Crippen molar-refractivity contribution in [3.63, 3.8) is 0 Å². The van der Waals surface area contributed by atoms with E-state index in [1.807, 2.05) is 0 Å². The van der Waals surface area contributed by atoms with E-state index in [1.54, 1.807) is 0 Å². The van der Waals surface area contributed by atoms with Crippen LogP contribution in [-0.2, 0) is 4.79 Å². The van der Waals surface area contributed by atoms with Crippen molar-refractivity contribution in [1.82, 2.24) is 10.2 Å². The number of amides is 1. The smallest absolute Gasteiger partial charge is 0.239 e. The van der Waals surface area contributed by atoms with E-state index in [9.17, 15) is 4.79 Å². The standard InChI is InChI=1S/C16H28N2O/c1-11-7-8-12(2)18(10-11)16(19)15-9-13-5-3-4-6-14(13)17-15/h11-15,17H,3-10H2,1-2H3. The van der Waals surface area contributed by atoms with Crippen molar-refractivity contribution < 1.29 is 4.79 Å². The number of carbonyl (C=O) groups is 1. The summed E-state index contributed by atoms with van der Waals surface area (Å²) in [5.74, 6) is 1.82. The molecule has 2 heterocycles. The van der Waals surface area contributed by atoms with Crippen LogP contribution in [0.15, 0.2) is 0 Å². The fourth-order valence-electron chi connectivity index (χ4n) is 4.31. The summed E-state index contributed by atoms with van der Waals surface area (Å²) in [6, 6.07) is 1.18. The minimum atomic E-state index is 0.112. The molecule has 5 atom stereocenters. The lowest BCUT2D eigenvalue weighted by Gasteiger charge is -2.38. The second-order valence-electron chi connectivity index (χ2n) is 7.13. The zero-order valence-electron chi connectivity index (χ0n) is 12.4. The molecule has 2 saturated heterocycles. The third-order valence-electron chi connectivity index (χ3n) is 5.56. The Kier molecular flexibility index (Phi) is 3.84. The van der Waals surface area contributed by atoms with Crippen molar-refractivity contribution in [2.75, 3.05) is 6.54 Å². The van der Waals surface area contributed by atoms with Gasteiger partial charge in [-0.25, -0.2) is 0 Å². The largest absolute Gasteiger partial charge is 0.338 e. The number of hydrogen-bond acceptors (Lipinski definition) is 2. The molecule has 0 aromatic heterocycles. The van der Waals surface area contributed by atoms with Gasteiger partial charge in [0.1, 0.15) is 0 Å². The summed E-state index contributed by atoms with van der Waals surface area (Å²) in [4.78, 5) is 14.9. The molecule has 3 aliphatic rings. The Bertz CT molecular complexity index is 330. The predicted octanol–water partition coefficient (Wildman–Crippen LogP) is 2.55. The van der Waals surface area contributed by atoms with Crippen molar-refractivity contribution in [2.45, 2.75) is 76.9 Å². The van der Waals surface area contributed by atoms with Crippen molar-refractivity contribution in [3.05, 3.63) is 0 Å². The first-order chi connectivity index (χ1) is 9.15. The summed E-state index contributed by atoms with van der Waals surface area (Å²) < 4.78 is 0. The van der Waals surface area contributed by atoms with Crippen LogP contribution >= 0.6 is 0 Å². The van der Waals surface area contributed by atoms with E-state index in [0.29, 0.717) is 23.9 Å². The topological polar surface area (TPSA) is 32.3 Å². The van der Waals surface area contributed by atoms with Crippen molar-refractivity contribution in [2.24, 2.45) is 11.8 Å². The van der Waals surface area contributed by atoms with Gasteiger partial charge in [-0.2, -0.15) is 0 Å². The van der Waals surface area contributed by atoms with Crippen LogP contribution < -0.4 is 5.32 Å². The Morgan fingerprint density at radius 3 is 2.68 bits per heavy atom. The molecule has 5 unspecified atom stereocenters. The van der Waals surface area contributed by atoms with Crippen LogP contribution in [0.25, 0.3) is 0 Å². The fourth-order valence-corrected chi connectivity index (χ4v) is 4.31. The monoisotopic (exact) mass is 264 g/mol. The highest BCUT2D eigenvalue weighted by Crippen LogP contribution is 2.34. The normalized spacial score (nSPS) is 43.1. The van der Waals surface area contributed by atoms with Gasteiger partial charge >= 0.3 is 0 Å². The van der Waals surface area contributed by atoms with Gasteiger partial charge in [-0.3, -0.25) is 4.79 Å². The molecule has 1 N–H and O–H groups in total. The van der Waals surface area contributed by atoms with Crippen molar-refractivity contribution in [1.29, 1.82) is 0 Å². The summed E-state index contributed by atoms with van der Waals surface area (Å²) in [6.07, 6.45) is 8.84. The zero-order valence-corrected chi connectivity index (χ0v) is 12.4. The van der Waals surface area contributed by atoms with Gasteiger partial charge in [-0.1, -0.05) is 19.8 Å². The summed E-state index contributed by atoms with van der Waals surface area (Å²) >= 11 is 0. The second-order valence-corrected chi connectivity index (χ2v) is 7.13. The van der Waals surface area contributed by atoms with Crippen molar-refractivity contribution in [3.8, 4) is 0 Å². The van der Waals surface area contributed by atoms with Crippen LogP contribution in [0.4, 0.5) is 0 Å². The molecule has 3 nitrogen and oxygen atoms in total. The van der Waals surface area contributed by atoms with Crippen LogP contribution in [0.3, 0.4) is 0 Å². The Balaban J connectivity index is 1.63. The number of nitrogens with one attached hydrogen (secondary N) is 1. The molecule has 2 aliphatic heterocycles. The number of likely N-dealkylation sites (tertiary alicyclic amines) is 1. The highest BCUT2D eigenvalue weighted by Gasteiger charge is 2.41. The highest BCUT2D eigenvalue weighted by molar-refractivity contribution is 5.82. The van der Waals surface area contributed by atoms with E-state index in [0.717, 1.165) is 18.9 Å². The Morgan fingerprint density at radius 1 is 1.11 bits per heavy atom. The molecule has 1 saturated carbocycles. The van der Waals surface area contributed by atoms with Crippen LogP contribution in [-0.4, -0.2) is 35.5 Å². The lowest BCUT2D eigenvalue weighted by Crippen LogP contribution is -2.52. The maximum absolute atomic E-state index is 12.8. The van der Waals surface area contributed by atoms with Gasteiger partial charge < -0.3 is 10.2 Å². The molecule has 0 spiro atoms. The molecular weight excluding hydrogens is 236 g/mol. The third-order valence-corrected chi connectivity index (χ3v) is 5.56. The molecule has 0 radical (unpaired) electrons. The van der Waals surface area contributed by atoms with Gasteiger partial charge in [-0.15, -0.1) is 0 Å². The quantitative estimate of drug-likeness (QED) is 0.789.